The number of carbonyl (C=O) groups excluding carboxylic acids is 2. The monoisotopic (exact) mass is 445 g/mol. The number of aromatic nitrogens is 1. The van der Waals surface area contributed by atoms with Crippen LogP contribution in [0.25, 0.3) is 10.9 Å². The minimum atomic E-state index is -0.563. The van der Waals surface area contributed by atoms with Crippen molar-refractivity contribution >= 4 is 45.7 Å². The van der Waals surface area contributed by atoms with E-state index in [0.717, 1.165) is 12.0 Å². The van der Waals surface area contributed by atoms with Gasteiger partial charge in [-0.2, -0.15) is 0 Å². The zero-order valence-corrected chi connectivity index (χ0v) is 18.0. The Bertz CT molecular complexity index is 1360. The molecule has 32 heavy (non-hydrogen) atoms. The summed E-state index contributed by atoms with van der Waals surface area (Å²) in [6.07, 6.45) is 0.888. The molecule has 0 bridgehead atoms. The molecule has 3 N–H and O–H groups in total. The fourth-order valence-corrected chi connectivity index (χ4v) is 3.45. The molecule has 6 nitrogen and oxygen atoms in total. The first-order chi connectivity index (χ1) is 15.4. The normalized spacial score (nSPS) is 10.7. The van der Waals surface area contributed by atoms with Crippen LogP contribution < -0.4 is 16.2 Å². The lowest BCUT2D eigenvalue weighted by Gasteiger charge is -2.11. The van der Waals surface area contributed by atoms with E-state index in [2.05, 4.69) is 15.6 Å². The van der Waals surface area contributed by atoms with E-state index >= 15 is 0 Å². The molecule has 160 valence electrons. The third-order valence-electron chi connectivity index (χ3n) is 5.11. The molecule has 2 amide bonds. The van der Waals surface area contributed by atoms with Gasteiger partial charge in [-0.3, -0.25) is 14.4 Å². The summed E-state index contributed by atoms with van der Waals surface area (Å²) in [6, 6.07) is 20.6. The highest BCUT2D eigenvalue weighted by atomic mass is 35.5. The van der Waals surface area contributed by atoms with Gasteiger partial charge in [0.1, 0.15) is 5.56 Å². The highest BCUT2D eigenvalue weighted by Crippen LogP contribution is 2.23. The van der Waals surface area contributed by atoms with Crippen molar-refractivity contribution < 1.29 is 9.59 Å². The number of fused-ring (bicyclic) bond motifs is 1. The maximum Gasteiger partial charge on any atom is 0.261 e. The van der Waals surface area contributed by atoms with Gasteiger partial charge < -0.3 is 15.6 Å². The van der Waals surface area contributed by atoms with Gasteiger partial charge in [0.05, 0.1) is 11.2 Å². The standard InChI is InChI=1S/C25H20ClN3O3/c1-2-15-6-8-16(9-7-15)23(30)28-21-4-3-5-22-19(21)14-20(25(32)29-22)24(31)27-18-12-10-17(26)11-13-18/h3-14H,2H2,1H3,(H,27,31)(H,28,30)(H,29,32). The number of H-pyrrole nitrogens is 1. The maximum absolute atomic E-state index is 12.7. The van der Waals surface area contributed by atoms with Gasteiger partial charge in [-0.05, 0) is 66.6 Å². The minimum Gasteiger partial charge on any atom is -0.322 e. The van der Waals surface area contributed by atoms with Crippen LogP contribution in [0.5, 0.6) is 0 Å². The number of aryl methyl sites for hydroxylation is 1. The molecule has 4 rings (SSSR count). The lowest BCUT2D eigenvalue weighted by molar-refractivity contribution is 0.101. The third-order valence-corrected chi connectivity index (χ3v) is 5.36. The SMILES string of the molecule is CCc1ccc(C(=O)Nc2cccc3[nH]c(=O)c(C(=O)Nc4ccc(Cl)cc4)cc23)cc1. The van der Waals surface area contributed by atoms with Crippen molar-refractivity contribution in [1.82, 2.24) is 4.98 Å². The number of rotatable bonds is 5. The van der Waals surface area contributed by atoms with Crippen LogP contribution in [0, 0.1) is 0 Å². The fourth-order valence-electron chi connectivity index (χ4n) is 3.32. The quantitative estimate of drug-likeness (QED) is 0.392. The topological polar surface area (TPSA) is 91.1 Å². The number of benzene rings is 3. The first-order valence-electron chi connectivity index (χ1n) is 10.1. The molecule has 0 aliphatic carbocycles. The molecule has 0 spiro atoms. The second kappa shape index (κ2) is 9.08. The average molecular weight is 446 g/mol. The Morgan fingerprint density at radius 1 is 0.906 bits per heavy atom. The van der Waals surface area contributed by atoms with Crippen molar-refractivity contribution in [3.63, 3.8) is 0 Å². The Labute approximate surface area is 189 Å². The number of anilines is 2. The summed E-state index contributed by atoms with van der Waals surface area (Å²) in [5.41, 5.74) is 2.58. The van der Waals surface area contributed by atoms with E-state index in [0.29, 0.717) is 32.9 Å². The average Bonchev–Trinajstić information content (AvgIpc) is 2.80. The first kappa shape index (κ1) is 21.3. The molecule has 0 saturated heterocycles. The number of pyridine rings is 1. The van der Waals surface area contributed by atoms with Crippen LogP contribution in [0.2, 0.25) is 5.02 Å². The van der Waals surface area contributed by atoms with Gasteiger partial charge in [0, 0.05) is 21.7 Å². The summed E-state index contributed by atoms with van der Waals surface area (Å²) in [5.74, 6) is -0.842. The summed E-state index contributed by atoms with van der Waals surface area (Å²) in [7, 11) is 0. The van der Waals surface area contributed by atoms with Gasteiger partial charge in [-0.25, -0.2) is 0 Å². The number of carbonyl (C=O) groups is 2. The Morgan fingerprint density at radius 2 is 1.62 bits per heavy atom. The van der Waals surface area contributed by atoms with Crippen molar-refractivity contribution in [2.45, 2.75) is 13.3 Å². The van der Waals surface area contributed by atoms with E-state index in [1.807, 2.05) is 19.1 Å². The molecular weight excluding hydrogens is 426 g/mol. The van der Waals surface area contributed by atoms with Crippen LogP contribution in [0.15, 0.2) is 77.6 Å². The van der Waals surface area contributed by atoms with Crippen LogP contribution in [0.3, 0.4) is 0 Å². The predicted octanol–water partition coefficient (Wildman–Crippen LogP) is 5.25. The van der Waals surface area contributed by atoms with E-state index in [-0.39, 0.29) is 11.5 Å². The number of aromatic amines is 1. The number of amides is 2. The maximum atomic E-state index is 12.7. The molecule has 4 aromatic rings. The molecule has 1 heterocycles. The van der Waals surface area contributed by atoms with Crippen LogP contribution in [-0.4, -0.2) is 16.8 Å². The molecule has 1 aromatic heterocycles. The van der Waals surface area contributed by atoms with Crippen molar-refractivity contribution in [3.05, 3.63) is 105 Å². The molecule has 7 heteroatoms. The van der Waals surface area contributed by atoms with Crippen LogP contribution >= 0.6 is 11.6 Å². The van der Waals surface area contributed by atoms with Crippen LogP contribution in [-0.2, 0) is 6.42 Å². The highest BCUT2D eigenvalue weighted by molar-refractivity contribution is 6.30. The Kier molecular flexibility index (Phi) is 6.05. The molecule has 3 aromatic carbocycles. The van der Waals surface area contributed by atoms with E-state index in [1.165, 1.54) is 6.07 Å². The van der Waals surface area contributed by atoms with E-state index < -0.39 is 11.5 Å². The van der Waals surface area contributed by atoms with Crippen molar-refractivity contribution in [2.24, 2.45) is 0 Å². The van der Waals surface area contributed by atoms with Gasteiger partial charge in [0.25, 0.3) is 17.4 Å². The zero-order valence-electron chi connectivity index (χ0n) is 17.2. The van der Waals surface area contributed by atoms with E-state index in [4.69, 9.17) is 11.6 Å². The molecule has 0 saturated carbocycles. The second-order valence-corrected chi connectivity index (χ2v) is 7.68. The Balaban J connectivity index is 1.65. The highest BCUT2D eigenvalue weighted by Gasteiger charge is 2.15. The number of hydrogen-bond donors (Lipinski definition) is 3. The van der Waals surface area contributed by atoms with E-state index in [9.17, 15) is 14.4 Å². The third kappa shape index (κ3) is 4.55. The molecule has 0 radical (unpaired) electrons. The van der Waals surface area contributed by atoms with Crippen molar-refractivity contribution in [1.29, 1.82) is 0 Å². The smallest absolute Gasteiger partial charge is 0.261 e. The minimum absolute atomic E-state index is 0.0681. The van der Waals surface area contributed by atoms with Gasteiger partial charge >= 0.3 is 0 Å². The number of nitrogens with one attached hydrogen (secondary N) is 3. The van der Waals surface area contributed by atoms with Gasteiger partial charge in [-0.15, -0.1) is 0 Å². The summed E-state index contributed by atoms with van der Waals surface area (Å²) < 4.78 is 0. The summed E-state index contributed by atoms with van der Waals surface area (Å²) in [6.45, 7) is 2.05. The summed E-state index contributed by atoms with van der Waals surface area (Å²) in [5, 5.41) is 6.64. The largest absolute Gasteiger partial charge is 0.322 e. The number of hydrogen-bond acceptors (Lipinski definition) is 3. The summed E-state index contributed by atoms with van der Waals surface area (Å²) in [4.78, 5) is 40.7. The first-order valence-corrected chi connectivity index (χ1v) is 10.5. The summed E-state index contributed by atoms with van der Waals surface area (Å²) >= 11 is 5.87. The molecule has 0 fully saturated rings. The molecular formula is C25H20ClN3O3. The van der Waals surface area contributed by atoms with E-state index in [1.54, 1.807) is 54.6 Å². The lowest BCUT2D eigenvalue weighted by atomic mass is 10.1. The van der Waals surface area contributed by atoms with Gasteiger partial charge in [0.2, 0.25) is 0 Å². The second-order valence-electron chi connectivity index (χ2n) is 7.24. The van der Waals surface area contributed by atoms with Crippen molar-refractivity contribution in [2.75, 3.05) is 10.6 Å². The molecule has 0 aliphatic heterocycles. The predicted molar refractivity (Wildman–Crippen MR) is 128 cm³/mol. The molecule has 0 atom stereocenters. The zero-order chi connectivity index (χ0) is 22.7. The van der Waals surface area contributed by atoms with Crippen LogP contribution in [0.1, 0.15) is 33.2 Å². The van der Waals surface area contributed by atoms with Crippen LogP contribution in [0.4, 0.5) is 11.4 Å². The Morgan fingerprint density at radius 3 is 2.31 bits per heavy atom. The molecule has 0 unspecified atom stereocenters. The molecule has 0 aliphatic rings. The fraction of sp³-hybridized carbons (Fsp3) is 0.0800. The van der Waals surface area contributed by atoms with Gasteiger partial charge in [0.15, 0.2) is 0 Å². The lowest BCUT2D eigenvalue weighted by Crippen LogP contribution is -2.23. The Hall–Kier alpha value is -3.90. The van der Waals surface area contributed by atoms with Crippen molar-refractivity contribution in [3.8, 4) is 0 Å². The number of halogens is 1. The van der Waals surface area contributed by atoms with Gasteiger partial charge in [-0.1, -0.05) is 36.7 Å².